The first-order valence-corrected chi connectivity index (χ1v) is 12.3. The summed E-state index contributed by atoms with van der Waals surface area (Å²) in [7, 11) is 2.18. The SMILES string of the molecule is CSc1nnnn1-c1cccc(Nc2ncc(C#N)c(NC3CC(C)(C)N(C)C(C)(C)C3)n2)c1. The van der Waals surface area contributed by atoms with E-state index in [2.05, 4.69) is 81.8 Å². The van der Waals surface area contributed by atoms with Crippen molar-refractivity contribution in [3.8, 4) is 11.8 Å². The molecule has 0 atom stereocenters. The molecule has 2 N–H and O–H groups in total. The van der Waals surface area contributed by atoms with Crippen molar-refractivity contribution >= 4 is 29.2 Å². The van der Waals surface area contributed by atoms with Crippen LogP contribution in [0.2, 0.25) is 0 Å². The predicted molar refractivity (Wildman–Crippen MR) is 134 cm³/mol. The topological polar surface area (TPSA) is 120 Å². The Morgan fingerprint density at radius 1 is 1.18 bits per heavy atom. The molecule has 0 bridgehead atoms. The monoisotopic (exact) mass is 478 g/mol. The number of aromatic nitrogens is 6. The first kappa shape index (κ1) is 23.9. The third kappa shape index (κ3) is 4.83. The number of nitrogens with zero attached hydrogens (tertiary/aromatic N) is 8. The van der Waals surface area contributed by atoms with Gasteiger partial charge in [0.2, 0.25) is 11.1 Å². The molecule has 0 saturated carbocycles. The van der Waals surface area contributed by atoms with E-state index in [1.165, 1.54) is 11.8 Å². The molecular weight excluding hydrogens is 448 g/mol. The largest absolute Gasteiger partial charge is 0.366 e. The van der Waals surface area contributed by atoms with Crippen molar-refractivity contribution < 1.29 is 0 Å². The number of thioether (sulfide) groups is 1. The first-order chi connectivity index (χ1) is 16.1. The molecule has 3 aromatic rings. The fourth-order valence-corrected chi connectivity index (χ4v) is 5.05. The Morgan fingerprint density at radius 3 is 2.59 bits per heavy atom. The fourth-order valence-electron chi connectivity index (χ4n) is 4.61. The Balaban J connectivity index is 1.57. The summed E-state index contributed by atoms with van der Waals surface area (Å²) < 4.78 is 1.67. The van der Waals surface area contributed by atoms with Crippen molar-refractivity contribution in [3.63, 3.8) is 0 Å². The summed E-state index contributed by atoms with van der Waals surface area (Å²) in [6.07, 6.45) is 5.36. The van der Waals surface area contributed by atoms with Gasteiger partial charge in [0.05, 0.1) is 11.9 Å². The van der Waals surface area contributed by atoms with Crippen LogP contribution in [0.5, 0.6) is 0 Å². The van der Waals surface area contributed by atoms with Gasteiger partial charge in [0, 0.05) is 22.8 Å². The van der Waals surface area contributed by atoms with Crippen molar-refractivity contribution in [2.45, 2.75) is 62.8 Å². The molecule has 4 rings (SSSR count). The minimum absolute atomic E-state index is 0.0205. The lowest BCUT2D eigenvalue weighted by Crippen LogP contribution is -2.61. The molecule has 1 aliphatic rings. The summed E-state index contributed by atoms with van der Waals surface area (Å²) in [4.78, 5) is 11.4. The van der Waals surface area contributed by atoms with Crippen LogP contribution in [-0.4, -0.2) is 65.5 Å². The van der Waals surface area contributed by atoms with Crippen LogP contribution in [0.4, 0.5) is 17.5 Å². The second-order valence-corrected chi connectivity index (χ2v) is 10.5. The number of nitrogens with one attached hydrogen (secondary N) is 2. The Hall–Kier alpha value is -3.23. The molecule has 34 heavy (non-hydrogen) atoms. The highest BCUT2D eigenvalue weighted by atomic mass is 32.2. The van der Waals surface area contributed by atoms with Crippen molar-refractivity contribution in [3.05, 3.63) is 36.0 Å². The Morgan fingerprint density at radius 2 is 1.91 bits per heavy atom. The summed E-state index contributed by atoms with van der Waals surface area (Å²) in [5.74, 6) is 0.953. The molecule has 1 saturated heterocycles. The van der Waals surface area contributed by atoms with Gasteiger partial charge in [-0.2, -0.15) is 14.9 Å². The van der Waals surface area contributed by atoms with Gasteiger partial charge in [0.15, 0.2) is 0 Å². The summed E-state index contributed by atoms with van der Waals surface area (Å²) >= 11 is 1.47. The zero-order valence-electron chi connectivity index (χ0n) is 20.4. The first-order valence-electron chi connectivity index (χ1n) is 11.1. The minimum Gasteiger partial charge on any atom is -0.366 e. The van der Waals surface area contributed by atoms with E-state index in [0.29, 0.717) is 22.5 Å². The highest BCUT2D eigenvalue weighted by Crippen LogP contribution is 2.38. The molecule has 1 aliphatic heterocycles. The van der Waals surface area contributed by atoms with Gasteiger partial charge in [-0.1, -0.05) is 17.8 Å². The third-order valence-corrected chi connectivity index (χ3v) is 7.15. The van der Waals surface area contributed by atoms with Crippen LogP contribution in [0.1, 0.15) is 46.1 Å². The lowest BCUT2D eigenvalue weighted by atomic mass is 9.77. The van der Waals surface area contributed by atoms with E-state index < -0.39 is 0 Å². The van der Waals surface area contributed by atoms with Crippen molar-refractivity contribution in [1.29, 1.82) is 5.26 Å². The van der Waals surface area contributed by atoms with Gasteiger partial charge in [-0.15, -0.1) is 5.10 Å². The molecule has 1 aromatic carbocycles. The zero-order valence-corrected chi connectivity index (χ0v) is 21.2. The number of rotatable bonds is 6. The molecular formula is C23H30N10S. The third-order valence-electron chi connectivity index (χ3n) is 6.53. The lowest BCUT2D eigenvalue weighted by Gasteiger charge is -2.53. The van der Waals surface area contributed by atoms with Gasteiger partial charge in [0.1, 0.15) is 17.5 Å². The average molecular weight is 479 g/mol. The zero-order chi connectivity index (χ0) is 24.5. The van der Waals surface area contributed by atoms with Gasteiger partial charge in [0.25, 0.3) is 0 Å². The van der Waals surface area contributed by atoms with Gasteiger partial charge >= 0.3 is 0 Å². The number of nitriles is 1. The molecule has 11 heteroatoms. The number of likely N-dealkylation sites (tertiary alicyclic amines) is 1. The molecule has 10 nitrogen and oxygen atoms in total. The number of tetrazole rings is 1. The quantitative estimate of drug-likeness (QED) is 0.505. The summed E-state index contributed by atoms with van der Waals surface area (Å²) in [5, 5.41) is 28.9. The van der Waals surface area contributed by atoms with Crippen LogP contribution in [0, 0.1) is 11.3 Å². The normalized spacial score (nSPS) is 17.8. The minimum atomic E-state index is 0.0205. The van der Waals surface area contributed by atoms with Crippen molar-refractivity contribution in [2.24, 2.45) is 0 Å². The number of benzene rings is 1. The molecule has 0 aliphatic carbocycles. The second-order valence-electron chi connectivity index (χ2n) is 9.75. The summed E-state index contributed by atoms with van der Waals surface area (Å²) in [6.45, 7) is 9.00. The van der Waals surface area contributed by atoms with E-state index in [1.807, 2.05) is 30.5 Å². The van der Waals surface area contributed by atoms with Gasteiger partial charge < -0.3 is 10.6 Å². The van der Waals surface area contributed by atoms with Crippen molar-refractivity contribution in [2.75, 3.05) is 23.9 Å². The van der Waals surface area contributed by atoms with E-state index in [4.69, 9.17) is 0 Å². The molecule has 178 valence electrons. The maximum absolute atomic E-state index is 9.65. The van der Waals surface area contributed by atoms with Crippen LogP contribution in [-0.2, 0) is 0 Å². The predicted octanol–water partition coefficient (Wildman–Crippen LogP) is 3.85. The standard InChI is InChI=1S/C23H30N10S/c1-22(2)11-17(12-23(3,4)32(22)5)26-19-15(13-24)14-25-20(28-19)27-16-8-7-9-18(10-16)33-21(34-6)29-30-31-33/h7-10,14,17H,11-12H2,1-6H3,(H2,25,26,27,28). The van der Waals surface area contributed by atoms with Crippen LogP contribution in [0.3, 0.4) is 0 Å². The fraction of sp³-hybridized carbons (Fsp3) is 0.478. The molecule has 1 fully saturated rings. The molecule has 2 aromatic heterocycles. The van der Waals surface area contributed by atoms with Crippen LogP contribution < -0.4 is 10.6 Å². The highest BCUT2D eigenvalue weighted by molar-refractivity contribution is 7.98. The maximum Gasteiger partial charge on any atom is 0.229 e. The van der Waals surface area contributed by atoms with E-state index in [1.54, 1.807) is 10.9 Å². The van der Waals surface area contributed by atoms with Gasteiger partial charge in [-0.3, -0.25) is 4.90 Å². The van der Waals surface area contributed by atoms with Crippen LogP contribution >= 0.6 is 11.8 Å². The lowest BCUT2D eigenvalue weighted by molar-refractivity contribution is -0.00772. The Labute approximate surface area is 204 Å². The van der Waals surface area contributed by atoms with Crippen molar-refractivity contribution in [1.82, 2.24) is 35.1 Å². The Kier molecular flexibility index (Phi) is 6.47. The second kappa shape index (κ2) is 9.19. The number of anilines is 3. The Bertz CT molecular complexity index is 1190. The van der Waals surface area contributed by atoms with E-state index in [-0.39, 0.29) is 17.1 Å². The molecule has 0 spiro atoms. The van der Waals surface area contributed by atoms with E-state index >= 15 is 0 Å². The smallest absolute Gasteiger partial charge is 0.229 e. The van der Waals surface area contributed by atoms with E-state index in [9.17, 15) is 5.26 Å². The molecule has 3 heterocycles. The average Bonchev–Trinajstić information content (AvgIpc) is 3.26. The van der Waals surface area contributed by atoms with E-state index in [0.717, 1.165) is 24.2 Å². The highest BCUT2D eigenvalue weighted by Gasteiger charge is 2.43. The molecule has 0 amide bonds. The van der Waals surface area contributed by atoms with Crippen LogP contribution in [0.25, 0.3) is 5.69 Å². The summed E-state index contributed by atoms with van der Waals surface area (Å²) in [6, 6.07) is 10.1. The number of hydrogen-bond donors (Lipinski definition) is 2. The number of piperidine rings is 1. The molecule has 0 unspecified atom stereocenters. The maximum atomic E-state index is 9.65. The van der Waals surface area contributed by atoms with Gasteiger partial charge in [-0.25, -0.2) is 4.98 Å². The van der Waals surface area contributed by atoms with Crippen LogP contribution in [0.15, 0.2) is 35.6 Å². The van der Waals surface area contributed by atoms with Gasteiger partial charge in [-0.05, 0) is 82.5 Å². The summed E-state index contributed by atoms with van der Waals surface area (Å²) in [5.41, 5.74) is 2.07. The molecule has 0 radical (unpaired) electrons. The number of hydrogen-bond acceptors (Lipinski definition) is 10.